The topological polar surface area (TPSA) is 76.5 Å². The van der Waals surface area contributed by atoms with Crippen molar-refractivity contribution in [2.24, 2.45) is 5.10 Å². The van der Waals surface area contributed by atoms with Gasteiger partial charge in [-0.05, 0) is 47.9 Å². The second-order valence-electron chi connectivity index (χ2n) is 7.67. The number of carbonyl (C=O) groups excluding carboxylic acids is 1. The molecule has 1 aliphatic heterocycles. The van der Waals surface area contributed by atoms with E-state index in [1.807, 2.05) is 41.1 Å². The lowest BCUT2D eigenvalue weighted by Crippen LogP contribution is -2.28. The van der Waals surface area contributed by atoms with Gasteiger partial charge in [0.05, 0.1) is 27.5 Å². The third kappa shape index (κ3) is 3.72. The van der Waals surface area contributed by atoms with Crippen molar-refractivity contribution in [3.63, 3.8) is 0 Å². The highest BCUT2D eigenvalue weighted by Gasteiger charge is 2.36. The van der Waals surface area contributed by atoms with Crippen LogP contribution in [0.1, 0.15) is 42.0 Å². The van der Waals surface area contributed by atoms with Gasteiger partial charge >= 0.3 is 0 Å². The summed E-state index contributed by atoms with van der Waals surface area (Å²) < 4.78 is 7.83. The summed E-state index contributed by atoms with van der Waals surface area (Å²) in [7, 11) is 0. The summed E-state index contributed by atoms with van der Waals surface area (Å²) in [6.45, 7) is 0. The first-order chi connectivity index (χ1) is 15.8. The molecule has 0 N–H and O–H groups in total. The van der Waals surface area contributed by atoms with Gasteiger partial charge in [-0.25, -0.2) is 5.01 Å². The van der Waals surface area contributed by atoms with Crippen LogP contribution in [0.5, 0.6) is 0 Å². The van der Waals surface area contributed by atoms with Crippen LogP contribution in [0.15, 0.2) is 68.1 Å². The molecule has 4 aromatic heterocycles. The number of nitrogens with zero attached hydrogens (tertiary/aromatic N) is 5. The van der Waals surface area contributed by atoms with E-state index in [1.165, 1.54) is 11.8 Å². The van der Waals surface area contributed by atoms with Crippen LogP contribution >= 0.6 is 34.4 Å². The van der Waals surface area contributed by atoms with Gasteiger partial charge in [0.1, 0.15) is 11.8 Å². The smallest absolute Gasteiger partial charge is 0.253 e. The summed E-state index contributed by atoms with van der Waals surface area (Å²) in [4.78, 5) is 15.5. The van der Waals surface area contributed by atoms with Crippen molar-refractivity contribution in [2.45, 2.75) is 36.5 Å². The number of rotatable bonds is 7. The van der Waals surface area contributed by atoms with E-state index < -0.39 is 0 Å². The standard InChI is InChI=1S/C22H19N5O2S3/c28-20(13-32-22-24-23-21(19-6-3-11-31-19)26(22)14-7-8-14)27-16(17-4-1-9-29-17)12-15(25-27)18-5-2-10-30-18/h1-6,9-11,14,16H,7-8,12-13H2/t16-/m1/s1. The Morgan fingerprint density at radius 2 is 1.91 bits per heavy atom. The predicted molar refractivity (Wildman–Crippen MR) is 126 cm³/mol. The summed E-state index contributed by atoms with van der Waals surface area (Å²) in [5.74, 6) is 1.82. The molecule has 1 aliphatic carbocycles. The summed E-state index contributed by atoms with van der Waals surface area (Å²) in [5, 5.41) is 20.0. The van der Waals surface area contributed by atoms with Crippen LogP contribution in [0.4, 0.5) is 0 Å². The summed E-state index contributed by atoms with van der Waals surface area (Å²) in [6.07, 6.45) is 4.53. The van der Waals surface area contributed by atoms with Crippen LogP contribution < -0.4 is 0 Å². The molecule has 6 rings (SSSR count). The van der Waals surface area contributed by atoms with E-state index in [0.29, 0.717) is 12.5 Å². The average Bonchev–Trinajstić information content (AvgIpc) is 3.45. The third-order valence-electron chi connectivity index (χ3n) is 5.49. The number of thioether (sulfide) groups is 1. The minimum atomic E-state index is -0.224. The maximum atomic E-state index is 13.3. The van der Waals surface area contributed by atoms with Crippen LogP contribution in [0, 0.1) is 0 Å². The number of hydrogen-bond acceptors (Lipinski definition) is 8. The second-order valence-corrected chi connectivity index (χ2v) is 10.5. The molecule has 10 heteroatoms. The van der Waals surface area contributed by atoms with E-state index in [1.54, 1.807) is 33.9 Å². The van der Waals surface area contributed by atoms with Gasteiger partial charge in [-0.1, -0.05) is 23.9 Å². The van der Waals surface area contributed by atoms with Crippen molar-refractivity contribution >= 4 is 46.1 Å². The average molecular weight is 482 g/mol. The highest BCUT2D eigenvalue weighted by Crippen LogP contribution is 2.42. The monoisotopic (exact) mass is 481 g/mol. The Balaban J connectivity index is 1.23. The lowest BCUT2D eigenvalue weighted by molar-refractivity contribution is -0.130. The van der Waals surface area contributed by atoms with Crippen molar-refractivity contribution < 1.29 is 9.21 Å². The summed E-state index contributed by atoms with van der Waals surface area (Å²) in [6, 6.07) is 12.1. The summed E-state index contributed by atoms with van der Waals surface area (Å²) in [5.41, 5.74) is 0.917. The van der Waals surface area contributed by atoms with E-state index in [0.717, 1.165) is 45.0 Å². The number of furan rings is 1. The lowest BCUT2D eigenvalue weighted by atomic mass is 10.1. The molecule has 0 aromatic carbocycles. The molecule has 1 amide bonds. The van der Waals surface area contributed by atoms with Crippen molar-refractivity contribution in [2.75, 3.05) is 5.75 Å². The Hall–Kier alpha value is -2.69. The molecule has 7 nitrogen and oxygen atoms in total. The Bertz CT molecular complexity index is 1240. The van der Waals surface area contributed by atoms with E-state index in [9.17, 15) is 4.79 Å². The quantitative estimate of drug-likeness (QED) is 0.327. The molecule has 1 saturated carbocycles. The van der Waals surface area contributed by atoms with Gasteiger partial charge in [-0.3, -0.25) is 9.36 Å². The van der Waals surface area contributed by atoms with Crippen molar-refractivity contribution in [1.82, 2.24) is 19.8 Å². The first-order valence-corrected chi connectivity index (χ1v) is 13.1. The molecule has 5 heterocycles. The van der Waals surface area contributed by atoms with Gasteiger partial charge in [0.2, 0.25) is 0 Å². The van der Waals surface area contributed by atoms with Crippen LogP contribution in [0.25, 0.3) is 10.7 Å². The Labute approximate surface area is 196 Å². The number of aromatic nitrogens is 3. The highest BCUT2D eigenvalue weighted by molar-refractivity contribution is 7.99. The van der Waals surface area contributed by atoms with Crippen molar-refractivity contribution in [1.29, 1.82) is 0 Å². The minimum Gasteiger partial charge on any atom is -0.467 e. The zero-order valence-corrected chi connectivity index (χ0v) is 19.4. The molecule has 2 aliphatic rings. The van der Waals surface area contributed by atoms with Crippen LogP contribution in [-0.4, -0.2) is 37.1 Å². The second kappa shape index (κ2) is 8.34. The molecule has 0 saturated heterocycles. The van der Waals surface area contributed by atoms with E-state index in [-0.39, 0.29) is 17.7 Å². The van der Waals surface area contributed by atoms with Crippen molar-refractivity contribution in [3.05, 3.63) is 64.1 Å². The van der Waals surface area contributed by atoms with Gasteiger partial charge in [0, 0.05) is 12.5 Å². The minimum absolute atomic E-state index is 0.0639. The molecule has 0 unspecified atom stereocenters. The lowest BCUT2D eigenvalue weighted by Gasteiger charge is -2.19. The van der Waals surface area contributed by atoms with Gasteiger partial charge < -0.3 is 4.42 Å². The molecule has 0 bridgehead atoms. The molecular weight excluding hydrogens is 462 g/mol. The number of hydrogen-bond donors (Lipinski definition) is 0. The van der Waals surface area contributed by atoms with Crippen LogP contribution in [-0.2, 0) is 4.79 Å². The molecule has 0 radical (unpaired) electrons. The largest absolute Gasteiger partial charge is 0.467 e. The highest BCUT2D eigenvalue weighted by atomic mass is 32.2. The van der Waals surface area contributed by atoms with Gasteiger partial charge in [-0.15, -0.1) is 32.9 Å². The predicted octanol–water partition coefficient (Wildman–Crippen LogP) is 5.47. The van der Waals surface area contributed by atoms with E-state index in [2.05, 4.69) is 20.8 Å². The molecule has 32 heavy (non-hydrogen) atoms. The number of thiophene rings is 2. The number of amides is 1. The third-order valence-corrected chi connectivity index (χ3v) is 8.20. The van der Waals surface area contributed by atoms with E-state index in [4.69, 9.17) is 9.52 Å². The van der Waals surface area contributed by atoms with E-state index >= 15 is 0 Å². The molecule has 1 atom stereocenters. The Kier molecular flexibility index (Phi) is 5.20. The Morgan fingerprint density at radius 1 is 1.09 bits per heavy atom. The maximum Gasteiger partial charge on any atom is 0.253 e. The fourth-order valence-electron chi connectivity index (χ4n) is 3.84. The fraction of sp³-hybridized carbons (Fsp3) is 0.273. The SMILES string of the molecule is O=C(CSc1nnc(-c2cccs2)n1C1CC1)N1N=C(c2cccs2)C[C@@H]1c1ccco1. The molecule has 0 spiro atoms. The van der Waals surface area contributed by atoms with Crippen LogP contribution in [0.2, 0.25) is 0 Å². The Morgan fingerprint density at radius 3 is 2.59 bits per heavy atom. The van der Waals surface area contributed by atoms with Gasteiger partial charge in [0.25, 0.3) is 5.91 Å². The molecular formula is C22H19N5O2S3. The number of carbonyl (C=O) groups is 1. The molecule has 1 fully saturated rings. The number of hydrazone groups is 1. The first-order valence-electron chi connectivity index (χ1n) is 10.4. The maximum absolute atomic E-state index is 13.3. The normalized spacial score (nSPS) is 18.3. The van der Waals surface area contributed by atoms with Crippen molar-refractivity contribution in [3.8, 4) is 10.7 Å². The van der Waals surface area contributed by atoms with Gasteiger partial charge in [0.15, 0.2) is 11.0 Å². The zero-order valence-electron chi connectivity index (χ0n) is 17.0. The first kappa shape index (κ1) is 20.0. The molecule has 4 aromatic rings. The fourth-order valence-corrected chi connectivity index (χ4v) is 6.12. The zero-order chi connectivity index (χ0) is 21.5. The van der Waals surface area contributed by atoms with Crippen LogP contribution in [0.3, 0.4) is 0 Å². The van der Waals surface area contributed by atoms with Gasteiger partial charge in [-0.2, -0.15) is 5.10 Å². The summed E-state index contributed by atoms with van der Waals surface area (Å²) >= 11 is 4.72. The molecule has 162 valence electrons.